The number of benzene rings is 2. The van der Waals surface area contributed by atoms with E-state index in [1.807, 2.05) is 0 Å². The summed E-state index contributed by atoms with van der Waals surface area (Å²) in [5, 5.41) is 11.6. The number of nitrogens with zero attached hydrogens (tertiary/aromatic N) is 3. The van der Waals surface area contributed by atoms with E-state index in [0.717, 1.165) is 12.1 Å². The molecule has 16 heteroatoms. The number of nitrogens with one attached hydrogen (secondary N) is 2. The van der Waals surface area contributed by atoms with Crippen LogP contribution in [-0.2, 0) is 33.7 Å². The molecule has 47 heavy (non-hydrogen) atoms. The third-order valence-corrected chi connectivity index (χ3v) is 9.47. The van der Waals surface area contributed by atoms with Crippen LogP contribution in [-0.4, -0.2) is 34.1 Å². The fourth-order valence-corrected chi connectivity index (χ4v) is 6.97. The van der Waals surface area contributed by atoms with Crippen molar-refractivity contribution in [3.63, 3.8) is 0 Å². The summed E-state index contributed by atoms with van der Waals surface area (Å²) in [6.07, 6.45) is -1.70. The molecule has 244 valence electrons. The van der Waals surface area contributed by atoms with Gasteiger partial charge in [0, 0.05) is 29.3 Å². The van der Waals surface area contributed by atoms with Crippen molar-refractivity contribution in [1.82, 2.24) is 25.1 Å². The van der Waals surface area contributed by atoms with E-state index in [-0.39, 0.29) is 34.6 Å². The number of amides is 1. The highest BCUT2D eigenvalue weighted by molar-refractivity contribution is 7.89. The third-order valence-electron chi connectivity index (χ3n) is 8.54. The lowest BCUT2D eigenvalue weighted by Crippen LogP contribution is -2.35. The fourth-order valence-electron chi connectivity index (χ4n) is 6.45. The van der Waals surface area contributed by atoms with Crippen molar-refractivity contribution in [1.29, 1.82) is 0 Å². The Morgan fingerprint density at radius 3 is 2.43 bits per heavy atom. The number of carbonyl (C=O) groups excluding carboxylic acids is 1. The molecule has 3 atom stereocenters. The highest BCUT2D eigenvalue weighted by Crippen LogP contribution is 2.68. The molecule has 2 aliphatic carbocycles. The van der Waals surface area contributed by atoms with Gasteiger partial charge in [-0.15, -0.1) is 0 Å². The number of aromatic amines is 1. The Balaban J connectivity index is 1.30. The minimum absolute atomic E-state index is 0.0537. The van der Waals surface area contributed by atoms with Gasteiger partial charge in [-0.25, -0.2) is 36.1 Å². The van der Waals surface area contributed by atoms with Crippen molar-refractivity contribution in [2.24, 2.45) is 11.1 Å². The molecular weight excluding hydrogens is 650 g/mol. The maximum Gasteiger partial charge on any atom is 0.293 e. The van der Waals surface area contributed by atoms with Crippen molar-refractivity contribution in [2.75, 3.05) is 0 Å². The first-order valence-electron chi connectivity index (χ1n) is 14.3. The third kappa shape index (κ3) is 5.54. The van der Waals surface area contributed by atoms with Crippen molar-refractivity contribution >= 4 is 27.0 Å². The standard InChI is InChI=1S/C31H24F6N6O3S/c32-16-7-14(8-17(33)10-16)9-24(40-25(44)13-43-29-26(28(42-43)30(34)35)20-11-21(20)31(29,36)37)27-19(12-23-22(41-27)5-6-39-23)15-1-3-18(4-2-15)47(38,45)46/h1-8,10,12,20-21,24,30,39H,9,11,13H2,(H,40,44)(H2,38,45,46)/t20-,21+,24-/m0/s1. The Morgan fingerprint density at radius 2 is 1.77 bits per heavy atom. The van der Waals surface area contributed by atoms with Gasteiger partial charge in [-0.05, 0) is 66.3 Å². The number of hydrogen-bond acceptors (Lipinski definition) is 5. The average Bonchev–Trinajstić information content (AvgIpc) is 3.40. The predicted molar refractivity (Wildman–Crippen MR) is 156 cm³/mol. The maximum absolute atomic E-state index is 15.1. The van der Waals surface area contributed by atoms with E-state index in [2.05, 4.69) is 15.4 Å². The zero-order valence-corrected chi connectivity index (χ0v) is 24.8. The smallest absolute Gasteiger partial charge is 0.293 e. The second-order valence-corrected chi connectivity index (χ2v) is 13.2. The molecule has 7 rings (SSSR count). The molecule has 9 nitrogen and oxygen atoms in total. The first-order chi connectivity index (χ1) is 22.2. The van der Waals surface area contributed by atoms with E-state index in [0.29, 0.717) is 32.9 Å². The summed E-state index contributed by atoms with van der Waals surface area (Å²) in [5.41, 5.74) is 0.411. The number of primary sulfonamides is 1. The van der Waals surface area contributed by atoms with Gasteiger partial charge in [0.25, 0.3) is 12.3 Å². The Bertz CT molecular complexity index is 2150. The number of fused-ring (bicyclic) bond motifs is 4. The van der Waals surface area contributed by atoms with Crippen LogP contribution in [0.4, 0.5) is 26.3 Å². The van der Waals surface area contributed by atoms with E-state index in [4.69, 9.17) is 10.1 Å². The van der Waals surface area contributed by atoms with Crippen LogP contribution in [0.2, 0.25) is 0 Å². The number of H-pyrrole nitrogens is 1. The number of hydrogen-bond donors (Lipinski definition) is 3. The fraction of sp³-hybridized carbons (Fsp3) is 0.258. The SMILES string of the molecule is NS(=O)(=O)c1ccc(-c2cc3[nH]ccc3nc2[C@H](Cc2cc(F)cc(F)c2)NC(=O)Cn2nc(C(F)F)c3c2C(F)(F)[C@@H]2C[C@H]32)cc1. The lowest BCUT2D eigenvalue weighted by Gasteiger charge is -2.23. The van der Waals surface area contributed by atoms with Gasteiger partial charge in [0.1, 0.15) is 29.6 Å². The zero-order valence-electron chi connectivity index (χ0n) is 24.0. The normalized spacial score (nSPS) is 18.7. The van der Waals surface area contributed by atoms with Crippen LogP contribution in [0.25, 0.3) is 22.2 Å². The highest BCUT2D eigenvalue weighted by atomic mass is 32.2. The Labute approximate surface area is 262 Å². The van der Waals surface area contributed by atoms with E-state index in [1.165, 1.54) is 24.3 Å². The van der Waals surface area contributed by atoms with Crippen LogP contribution in [0.3, 0.4) is 0 Å². The van der Waals surface area contributed by atoms with Crippen molar-refractivity contribution in [2.45, 2.75) is 48.6 Å². The molecule has 0 unspecified atom stereocenters. The Kier molecular flexibility index (Phi) is 7.20. The second-order valence-electron chi connectivity index (χ2n) is 11.7. The lowest BCUT2D eigenvalue weighted by molar-refractivity contribution is -0.123. The van der Waals surface area contributed by atoms with Crippen LogP contribution in [0.15, 0.2) is 65.7 Å². The van der Waals surface area contributed by atoms with Gasteiger partial charge in [0.15, 0.2) is 0 Å². The summed E-state index contributed by atoms with van der Waals surface area (Å²) in [6, 6.07) is 10.4. The van der Waals surface area contributed by atoms with Gasteiger partial charge >= 0.3 is 0 Å². The first kappa shape index (κ1) is 30.9. The second kappa shape index (κ2) is 10.9. The molecule has 4 N–H and O–H groups in total. The Morgan fingerprint density at radius 1 is 1.06 bits per heavy atom. The van der Waals surface area contributed by atoms with E-state index in [9.17, 15) is 30.8 Å². The van der Waals surface area contributed by atoms with Gasteiger partial charge in [0.05, 0.1) is 27.7 Å². The number of carbonyl (C=O) groups is 1. The largest absolute Gasteiger partial charge is 0.360 e. The molecule has 2 aromatic carbocycles. The molecular formula is C31H24F6N6O3S. The highest BCUT2D eigenvalue weighted by Gasteiger charge is 2.67. The molecule has 0 saturated heterocycles. The van der Waals surface area contributed by atoms with Crippen LogP contribution in [0.1, 0.15) is 53.0 Å². The van der Waals surface area contributed by atoms with E-state index >= 15 is 8.78 Å². The number of rotatable bonds is 9. The number of nitrogens with two attached hydrogens (primary N) is 1. The minimum Gasteiger partial charge on any atom is -0.360 e. The molecule has 0 aliphatic heterocycles. The van der Waals surface area contributed by atoms with Crippen molar-refractivity contribution in [3.05, 3.63) is 101 Å². The van der Waals surface area contributed by atoms with E-state index < -0.39 is 75.7 Å². The summed E-state index contributed by atoms with van der Waals surface area (Å²) >= 11 is 0. The molecule has 5 aromatic rings. The van der Waals surface area contributed by atoms with Crippen LogP contribution >= 0.6 is 0 Å². The van der Waals surface area contributed by atoms with Crippen LogP contribution < -0.4 is 10.5 Å². The average molecular weight is 675 g/mol. The van der Waals surface area contributed by atoms with Crippen molar-refractivity contribution in [3.8, 4) is 11.1 Å². The van der Waals surface area contributed by atoms with Gasteiger partial charge < -0.3 is 10.3 Å². The molecule has 3 heterocycles. The summed E-state index contributed by atoms with van der Waals surface area (Å²) in [5.74, 6) is -8.00. The quantitative estimate of drug-likeness (QED) is 0.175. The maximum atomic E-state index is 15.1. The Hall–Kier alpha value is -4.70. The van der Waals surface area contributed by atoms with Gasteiger partial charge in [-0.1, -0.05) is 12.1 Å². The number of alkyl halides is 4. The van der Waals surface area contributed by atoms with Crippen LogP contribution in [0, 0.1) is 17.6 Å². The predicted octanol–water partition coefficient (Wildman–Crippen LogP) is 5.60. The monoisotopic (exact) mass is 674 g/mol. The molecule has 0 radical (unpaired) electrons. The molecule has 0 spiro atoms. The van der Waals surface area contributed by atoms with Crippen LogP contribution in [0.5, 0.6) is 0 Å². The summed E-state index contributed by atoms with van der Waals surface area (Å²) in [7, 11) is -4.02. The van der Waals surface area contributed by atoms with Gasteiger partial charge in [0.2, 0.25) is 15.9 Å². The minimum atomic E-state index is -4.02. The lowest BCUT2D eigenvalue weighted by atomic mass is 9.95. The summed E-state index contributed by atoms with van der Waals surface area (Å²) < 4.78 is 111. The molecule has 1 fully saturated rings. The number of aromatic nitrogens is 4. The number of halogens is 6. The van der Waals surface area contributed by atoms with E-state index in [1.54, 1.807) is 18.3 Å². The molecule has 1 saturated carbocycles. The molecule has 0 bridgehead atoms. The molecule has 2 aliphatic rings. The van der Waals surface area contributed by atoms with Gasteiger partial charge in [-0.2, -0.15) is 13.9 Å². The number of sulfonamides is 1. The molecule has 1 amide bonds. The number of pyridine rings is 1. The van der Waals surface area contributed by atoms with Gasteiger partial charge in [-0.3, -0.25) is 9.48 Å². The molecule has 3 aromatic heterocycles. The summed E-state index contributed by atoms with van der Waals surface area (Å²) in [4.78, 5) is 21.1. The first-order valence-corrected chi connectivity index (χ1v) is 15.9. The summed E-state index contributed by atoms with van der Waals surface area (Å²) in [6.45, 7) is -0.844. The topological polar surface area (TPSA) is 136 Å². The van der Waals surface area contributed by atoms with Crippen molar-refractivity contribution < 1.29 is 39.6 Å². The zero-order chi connectivity index (χ0) is 33.4.